The van der Waals surface area contributed by atoms with E-state index < -0.39 is 11.9 Å². The van der Waals surface area contributed by atoms with E-state index in [2.05, 4.69) is 20.6 Å². The number of thiazole rings is 1. The number of anilines is 1. The first kappa shape index (κ1) is 21.3. The summed E-state index contributed by atoms with van der Waals surface area (Å²) < 4.78 is 0. The van der Waals surface area contributed by atoms with E-state index in [0.717, 1.165) is 5.56 Å². The number of hydrogen-bond acceptors (Lipinski definition) is 5. The van der Waals surface area contributed by atoms with Gasteiger partial charge in [-0.05, 0) is 30.5 Å². The van der Waals surface area contributed by atoms with E-state index in [1.54, 1.807) is 29.8 Å². The SMILES string of the molecule is Cc1ccccc1C(=O)NC(C(=O)Nc1nc(-c2c[nH]c(C(N)=O)c2)cs1)C(C)C. The number of aromatic nitrogens is 2. The number of aromatic amines is 1. The van der Waals surface area contributed by atoms with Gasteiger partial charge in [0.25, 0.3) is 11.8 Å². The van der Waals surface area contributed by atoms with Crippen LogP contribution in [0.4, 0.5) is 5.13 Å². The van der Waals surface area contributed by atoms with E-state index in [-0.39, 0.29) is 23.4 Å². The molecule has 30 heavy (non-hydrogen) atoms. The number of nitrogens with two attached hydrogens (primary N) is 1. The highest BCUT2D eigenvalue weighted by Gasteiger charge is 2.26. The zero-order valence-electron chi connectivity index (χ0n) is 16.9. The molecule has 2 aromatic heterocycles. The highest BCUT2D eigenvalue weighted by atomic mass is 32.1. The monoisotopic (exact) mass is 425 g/mol. The quantitative estimate of drug-likeness (QED) is 0.464. The first-order valence-electron chi connectivity index (χ1n) is 9.37. The van der Waals surface area contributed by atoms with Crippen molar-refractivity contribution in [2.45, 2.75) is 26.8 Å². The van der Waals surface area contributed by atoms with E-state index in [1.165, 1.54) is 11.3 Å². The van der Waals surface area contributed by atoms with E-state index in [1.807, 2.05) is 32.9 Å². The summed E-state index contributed by atoms with van der Waals surface area (Å²) >= 11 is 1.25. The molecule has 1 unspecified atom stereocenters. The second kappa shape index (κ2) is 8.91. The summed E-state index contributed by atoms with van der Waals surface area (Å²) in [4.78, 5) is 43.9. The number of carbonyl (C=O) groups is 3. The molecule has 1 atom stereocenters. The van der Waals surface area contributed by atoms with Crippen LogP contribution in [0, 0.1) is 12.8 Å². The first-order chi connectivity index (χ1) is 14.3. The number of carbonyl (C=O) groups excluding carboxylic acids is 3. The molecule has 3 amide bonds. The summed E-state index contributed by atoms with van der Waals surface area (Å²) in [5, 5.41) is 7.74. The van der Waals surface area contributed by atoms with Crippen LogP contribution in [-0.4, -0.2) is 33.7 Å². The fourth-order valence-corrected chi connectivity index (χ4v) is 3.64. The summed E-state index contributed by atoms with van der Waals surface area (Å²) in [6.07, 6.45) is 1.63. The number of primary amides is 1. The van der Waals surface area contributed by atoms with E-state index in [0.29, 0.717) is 22.0 Å². The number of nitrogens with one attached hydrogen (secondary N) is 3. The maximum absolute atomic E-state index is 12.8. The highest BCUT2D eigenvalue weighted by molar-refractivity contribution is 7.14. The molecule has 3 rings (SSSR count). The van der Waals surface area contributed by atoms with E-state index in [4.69, 9.17) is 5.73 Å². The van der Waals surface area contributed by atoms with E-state index >= 15 is 0 Å². The molecule has 0 bridgehead atoms. The van der Waals surface area contributed by atoms with Gasteiger partial charge in [0, 0.05) is 22.7 Å². The molecule has 0 saturated carbocycles. The van der Waals surface area contributed by atoms with E-state index in [9.17, 15) is 14.4 Å². The molecule has 0 aliphatic heterocycles. The minimum absolute atomic E-state index is 0.125. The normalized spacial score (nSPS) is 11.9. The third-order valence-corrected chi connectivity index (χ3v) is 5.36. The maximum Gasteiger partial charge on any atom is 0.265 e. The molecule has 5 N–H and O–H groups in total. The lowest BCUT2D eigenvalue weighted by Gasteiger charge is -2.21. The number of rotatable bonds is 7. The summed E-state index contributed by atoms with van der Waals surface area (Å²) in [5.74, 6) is -1.33. The third-order valence-electron chi connectivity index (χ3n) is 4.60. The molecule has 156 valence electrons. The molecule has 9 heteroatoms. The Morgan fingerprint density at radius 3 is 2.57 bits per heavy atom. The predicted molar refractivity (Wildman–Crippen MR) is 116 cm³/mol. The molecule has 8 nitrogen and oxygen atoms in total. The fourth-order valence-electron chi connectivity index (χ4n) is 2.91. The van der Waals surface area contributed by atoms with Crippen LogP contribution < -0.4 is 16.4 Å². The van der Waals surface area contributed by atoms with Crippen molar-refractivity contribution in [1.82, 2.24) is 15.3 Å². The van der Waals surface area contributed by atoms with Crippen molar-refractivity contribution in [1.29, 1.82) is 0 Å². The Morgan fingerprint density at radius 2 is 1.93 bits per heavy atom. The number of benzene rings is 1. The van der Waals surface area contributed by atoms with Crippen molar-refractivity contribution in [2.75, 3.05) is 5.32 Å². The van der Waals surface area contributed by atoms with Crippen LogP contribution in [0.2, 0.25) is 0 Å². The molecule has 1 aromatic carbocycles. The zero-order chi connectivity index (χ0) is 21.8. The van der Waals surface area contributed by atoms with Crippen LogP contribution in [0.15, 0.2) is 41.9 Å². The van der Waals surface area contributed by atoms with Gasteiger partial charge < -0.3 is 21.4 Å². The van der Waals surface area contributed by atoms with Crippen molar-refractivity contribution >= 4 is 34.2 Å². The molecular formula is C21H23N5O3S. The van der Waals surface area contributed by atoms with Gasteiger partial charge in [0.05, 0.1) is 5.69 Å². The summed E-state index contributed by atoms with van der Waals surface area (Å²) in [5.41, 5.74) is 8.19. The van der Waals surface area contributed by atoms with Crippen molar-refractivity contribution < 1.29 is 14.4 Å². The third kappa shape index (κ3) is 4.74. The van der Waals surface area contributed by atoms with Gasteiger partial charge in [0.1, 0.15) is 11.7 Å². The molecule has 0 radical (unpaired) electrons. The number of aryl methyl sites for hydroxylation is 1. The van der Waals surface area contributed by atoms with Gasteiger partial charge in [-0.15, -0.1) is 11.3 Å². The minimum atomic E-state index is -0.724. The smallest absolute Gasteiger partial charge is 0.265 e. The molecular weight excluding hydrogens is 402 g/mol. The Balaban J connectivity index is 1.71. The fraction of sp³-hybridized carbons (Fsp3) is 0.238. The van der Waals surface area contributed by atoms with Gasteiger partial charge in [-0.2, -0.15) is 0 Å². The number of H-pyrrole nitrogens is 1. The molecule has 0 fully saturated rings. The van der Waals surface area contributed by atoms with Gasteiger partial charge >= 0.3 is 0 Å². The second-order valence-electron chi connectivity index (χ2n) is 7.20. The number of nitrogens with zero attached hydrogens (tertiary/aromatic N) is 1. The van der Waals surface area contributed by atoms with Crippen LogP contribution in [0.1, 0.15) is 40.3 Å². The average molecular weight is 426 g/mol. The summed E-state index contributed by atoms with van der Waals surface area (Å²) in [6, 6.07) is 8.09. The standard InChI is InChI=1S/C21H23N5O3S/c1-11(2)17(25-19(28)14-7-5-4-6-12(14)3)20(29)26-21-24-16(10-30-21)13-8-15(18(22)27)23-9-13/h4-11,17,23H,1-3H3,(H2,22,27)(H,25,28)(H,24,26,29). The van der Waals surface area contributed by atoms with Gasteiger partial charge in [-0.3, -0.25) is 14.4 Å². The van der Waals surface area contributed by atoms with Gasteiger partial charge in [-0.1, -0.05) is 32.0 Å². The molecule has 0 aliphatic carbocycles. The van der Waals surface area contributed by atoms with Gasteiger partial charge in [0.15, 0.2) is 5.13 Å². The van der Waals surface area contributed by atoms with Crippen LogP contribution in [-0.2, 0) is 4.79 Å². The van der Waals surface area contributed by atoms with Crippen molar-refractivity contribution in [2.24, 2.45) is 11.7 Å². The van der Waals surface area contributed by atoms with Gasteiger partial charge in [0.2, 0.25) is 5.91 Å². The molecule has 0 saturated heterocycles. The Hall–Kier alpha value is -3.46. The molecule has 0 spiro atoms. The maximum atomic E-state index is 12.8. The lowest BCUT2D eigenvalue weighted by molar-refractivity contribution is -0.118. The lowest BCUT2D eigenvalue weighted by Crippen LogP contribution is -2.47. The Bertz CT molecular complexity index is 1090. The summed E-state index contributed by atoms with van der Waals surface area (Å²) in [6.45, 7) is 5.57. The Labute approximate surface area is 177 Å². The lowest BCUT2D eigenvalue weighted by atomic mass is 10.0. The Morgan fingerprint density at radius 1 is 1.20 bits per heavy atom. The largest absolute Gasteiger partial charge is 0.364 e. The van der Waals surface area contributed by atoms with Gasteiger partial charge in [-0.25, -0.2) is 4.98 Å². The zero-order valence-corrected chi connectivity index (χ0v) is 17.7. The van der Waals surface area contributed by atoms with Crippen molar-refractivity contribution in [3.8, 4) is 11.3 Å². The average Bonchev–Trinajstić information content (AvgIpc) is 3.35. The summed E-state index contributed by atoms with van der Waals surface area (Å²) in [7, 11) is 0. The van der Waals surface area contributed by atoms with Crippen LogP contribution >= 0.6 is 11.3 Å². The highest BCUT2D eigenvalue weighted by Crippen LogP contribution is 2.25. The molecule has 2 heterocycles. The predicted octanol–water partition coefficient (Wildman–Crippen LogP) is 2.94. The minimum Gasteiger partial charge on any atom is -0.364 e. The first-order valence-corrected chi connectivity index (χ1v) is 10.3. The number of amides is 3. The Kier molecular flexibility index (Phi) is 6.31. The molecule has 3 aromatic rings. The van der Waals surface area contributed by atoms with Crippen LogP contribution in [0.3, 0.4) is 0 Å². The van der Waals surface area contributed by atoms with Crippen molar-refractivity contribution in [3.63, 3.8) is 0 Å². The number of hydrogen-bond donors (Lipinski definition) is 4. The van der Waals surface area contributed by atoms with Crippen LogP contribution in [0.25, 0.3) is 11.3 Å². The topological polar surface area (TPSA) is 130 Å². The second-order valence-corrected chi connectivity index (χ2v) is 8.06. The molecule has 0 aliphatic rings. The van der Waals surface area contributed by atoms with Crippen molar-refractivity contribution in [3.05, 3.63) is 58.7 Å². The van der Waals surface area contributed by atoms with Crippen LogP contribution in [0.5, 0.6) is 0 Å².